The second-order valence-electron chi connectivity index (χ2n) is 5.06. The Kier molecular flexibility index (Phi) is 4.35. The van der Waals surface area contributed by atoms with Crippen LogP contribution in [0.1, 0.15) is 36.7 Å². The fourth-order valence-electron chi connectivity index (χ4n) is 1.40. The Labute approximate surface area is 107 Å². The fraction of sp³-hybridized carbons (Fsp3) is 0.500. The summed E-state index contributed by atoms with van der Waals surface area (Å²) in [6.45, 7) is 7.30. The summed E-state index contributed by atoms with van der Waals surface area (Å²) in [7, 11) is 0. The molecule has 1 aromatic rings. The highest BCUT2D eigenvalue weighted by Crippen LogP contribution is 2.26. The SMILES string of the molecule is Cc1cccc(C(=O)O)c1OCC(C)(O)C(C)C. The normalized spacial score (nSPS) is 14.3. The van der Waals surface area contributed by atoms with Crippen LogP contribution in [0.5, 0.6) is 5.75 Å². The van der Waals surface area contributed by atoms with Crippen molar-refractivity contribution in [2.75, 3.05) is 6.61 Å². The molecule has 0 aliphatic rings. The molecular weight excluding hydrogens is 232 g/mol. The van der Waals surface area contributed by atoms with Crippen LogP contribution in [0.4, 0.5) is 0 Å². The van der Waals surface area contributed by atoms with Gasteiger partial charge in [0.05, 0.1) is 5.60 Å². The molecule has 0 heterocycles. The van der Waals surface area contributed by atoms with Gasteiger partial charge in [0.2, 0.25) is 0 Å². The number of carboxylic acid groups (broad SMARTS) is 1. The van der Waals surface area contributed by atoms with Gasteiger partial charge in [-0.15, -0.1) is 0 Å². The average molecular weight is 252 g/mol. The van der Waals surface area contributed by atoms with Crippen LogP contribution in [-0.4, -0.2) is 28.4 Å². The molecule has 0 aliphatic carbocycles. The van der Waals surface area contributed by atoms with Crippen LogP contribution in [0, 0.1) is 12.8 Å². The summed E-state index contributed by atoms with van der Waals surface area (Å²) < 4.78 is 5.52. The molecular formula is C14H20O4. The van der Waals surface area contributed by atoms with Gasteiger partial charge in [0.25, 0.3) is 0 Å². The number of carboxylic acids is 1. The topological polar surface area (TPSA) is 66.8 Å². The second kappa shape index (κ2) is 5.40. The third-order valence-electron chi connectivity index (χ3n) is 3.19. The Morgan fingerprint density at radius 2 is 2.06 bits per heavy atom. The number of hydrogen-bond donors (Lipinski definition) is 2. The van der Waals surface area contributed by atoms with Gasteiger partial charge in [0.15, 0.2) is 0 Å². The highest BCUT2D eigenvalue weighted by molar-refractivity contribution is 5.91. The van der Waals surface area contributed by atoms with E-state index in [0.717, 1.165) is 5.56 Å². The van der Waals surface area contributed by atoms with E-state index in [0.29, 0.717) is 5.75 Å². The van der Waals surface area contributed by atoms with E-state index in [9.17, 15) is 9.90 Å². The van der Waals surface area contributed by atoms with Crippen LogP contribution in [0.15, 0.2) is 18.2 Å². The van der Waals surface area contributed by atoms with Gasteiger partial charge in [0, 0.05) is 0 Å². The Bertz CT molecular complexity index is 435. The Morgan fingerprint density at radius 1 is 1.44 bits per heavy atom. The maximum absolute atomic E-state index is 11.1. The van der Waals surface area contributed by atoms with E-state index >= 15 is 0 Å². The molecule has 0 amide bonds. The molecule has 0 spiro atoms. The second-order valence-corrected chi connectivity index (χ2v) is 5.06. The number of para-hydroxylation sites is 1. The van der Waals surface area contributed by atoms with E-state index in [1.807, 2.05) is 13.8 Å². The summed E-state index contributed by atoms with van der Waals surface area (Å²) in [5.74, 6) is -0.682. The molecule has 4 nitrogen and oxygen atoms in total. The smallest absolute Gasteiger partial charge is 0.339 e. The minimum absolute atomic E-state index is 0.0230. The monoisotopic (exact) mass is 252 g/mol. The summed E-state index contributed by atoms with van der Waals surface area (Å²) in [4.78, 5) is 11.1. The van der Waals surface area contributed by atoms with Crippen LogP contribution in [-0.2, 0) is 0 Å². The van der Waals surface area contributed by atoms with E-state index < -0.39 is 11.6 Å². The Hall–Kier alpha value is -1.55. The van der Waals surface area contributed by atoms with Gasteiger partial charge < -0.3 is 14.9 Å². The number of aliphatic hydroxyl groups is 1. The highest BCUT2D eigenvalue weighted by Gasteiger charge is 2.27. The lowest BCUT2D eigenvalue weighted by molar-refractivity contribution is -0.0271. The Morgan fingerprint density at radius 3 is 2.56 bits per heavy atom. The van der Waals surface area contributed by atoms with Crippen molar-refractivity contribution >= 4 is 5.97 Å². The minimum atomic E-state index is -1.03. The summed E-state index contributed by atoms with van der Waals surface area (Å²) in [5.41, 5.74) is -0.123. The standard InChI is InChI=1S/C14H20O4/c1-9(2)14(4,17)8-18-12-10(3)6-5-7-11(12)13(15)16/h5-7,9,17H,8H2,1-4H3,(H,15,16). The number of ether oxygens (including phenoxy) is 1. The van der Waals surface area contributed by atoms with Crippen LogP contribution in [0.25, 0.3) is 0 Å². The molecule has 0 aliphatic heterocycles. The molecule has 4 heteroatoms. The molecule has 0 radical (unpaired) electrons. The van der Waals surface area contributed by atoms with Crippen molar-refractivity contribution in [1.82, 2.24) is 0 Å². The van der Waals surface area contributed by atoms with E-state index in [-0.39, 0.29) is 18.1 Å². The van der Waals surface area contributed by atoms with Crippen molar-refractivity contribution in [2.24, 2.45) is 5.92 Å². The molecule has 1 unspecified atom stereocenters. The molecule has 1 rings (SSSR count). The number of aromatic carboxylic acids is 1. The first-order valence-electron chi connectivity index (χ1n) is 5.94. The number of benzene rings is 1. The molecule has 2 N–H and O–H groups in total. The molecule has 0 saturated heterocycles. The third kappa shape index (κ3) is 3.23. The molecule has 1 atom stereocenters. The Balaban J connectivity index is 2.95. The van der Waals surface area contributed by atoms with Crippen molar-refractivity contribution in [3.63, 3.8) is 0 Å². The largest absolute Gasteiger partial charge is 0.489 e. The first-order chi connectivity index (χ1) is 8.25. The summed E-state index contributed by atoms with van der Waals surface area (Å²) in [5, 5.41) is 19.2. The lowest BCUT2D eigenvalue weighted by atomic mass is 9.93. The number of hydrogen-bond acceptors (Lipinski definition) is 3. The highest BCUT2D eigenvalue weighted by atomic mass is 16.5. The van der Waals surface area contributed by atoms with Crippen molar-refractivity contribution in [3.8, 4) is 5.75 Å². The van der Waals surface area contributed by atoms with Crippen LogP contribution < -0.4 is 4.74 Å². The van der Waals surface area contributed by atoms with Gasteiger partial charge in [-0.3, -0.25) is 0 Å². The van der Waals surface area contributed by atoms with Crippen molar-refractivity contribution in [3.05, 3.63) is 29.3 Å². The molecule has 0 bridgehead atoms. The van der Waals surface area contributed by atoms with Gasteiger partial charge in [0.1, 0.15) is 17.9 Å². The van der Waals surface area contributed by atoms with Gasteiger partial charge in [-0.2, -0.15) is 0 Å². The first kappa shape index (κ1) is 14.5. The van der Waals surface area contributed by atoms with Crippen molar-refractivity contribution in [1.29, 1.82) is 0 Å². The summed E-state index contributed by atoms with van der Waals surface area (Å²) >= 11 is 0. The third-order valence-corrected chi connectivity index (χ3v) is 3.19. The van der Waals surface area contributed by atoms with Crippen LogP contribution in [0.3, 0.4) is 0 Å². The molecule has 0 aromatic heterocycles. The zero-order chi connectivity index (χ0) is 13.9. The lowest BCUT2D eigenvalue weighted by Gasteiger charge is -2.28. The van der Waals surface area contributed by atoms with Gasteiger partial charge in [-0.1, -0.05) is 26.0 Å². The molecule has 0 fully saturated rings. The zero-order valence-electron chi connectivity index (χ0n) is 11.2. The van der Waals surface area contributed by atoms with E-state index in [1.165, 1.54) is 6.07 Å². The maximum Gasteiger partial charge on any atom is 0.339 e. The first-order valence-corrected chi connectivity index (χ1v) is 5.94. The zero-order valence-corrected chi connectivity index (χ0v) is 11.2. The van der Waals surface area contributed by atoms with E-state index in [4.69, 9.17) is 9.84 Å². The van der Waals surface area contributed by atoms with E-state index in [2.05, 4.69) is 0 Å². The number of carbonyl (C=O) groups is 1. The maximum atomic E-state index is 11.1. The number of aryl methyl sites for hydroxylation is 1. The summed E-state index contributed by atoms with van der Waals surface area (Å²) in [6.07, 6.45) is 0. The lowest BCUT2D eigenvalue weighted by Crippen LogP contribution is -2.38. The van der Waals surface area contributed by atoms with Crippen molar-refractivity contribution < 1.29 is 19.7 Å². The van der Waals surface area contributed by atoms with Crippen molar-refractivity contribution in [2.45, 2.75) is 33.3 Å². The molecule has 1 aromatic carbocycles. The quantitative estimate of drug-likeness (QED) is 0.844. The molecule has 0 saturated carbocycles. The van der Waals surface area contributed by atoms with Gasteiger partial charge in [-0.05, 0) is 31.4 Å². The van der Waals surface area contributed by atoms with Gasteiger partial charge >= 0.3 is 5.97 Å². The summed E-state index contributed by atoms with van der Waals surface area (Å²) in [6, 6.07) is 4.95. The molecule has 100 valence electrons. The van der Waals surface area contributed by atoms with E-state index in [1.54, 1.807) is 26.0 Å². The molecule has 18 heavy (non-hydrogen) atoms. The predicted molar refractivity (Wildman–Crippen MR) is 69.1 cm³/mol. The van der Waals surface area contributed by atoms with Crippen LogP contribution >= 0.6 is 0 Å². The minimum Gasteiger partial charge on any atom is -0.489 e. The van der Waals surface area contributed by atoms with Gasteiger partial charge in [-0.25, -0.2) is 4.79 Å². The fourth-order valence-corrected chi connectivity index (χ4v) is 1.40. The predicted octanol–water partition coefficient (Wildman–Crippen LogP) is 2.48. The van der Waals surface area contributed by atoms with Crippen LogP contribution in [0.2, 0.25) is 0 Å². The average Bonchev–Trinajstić information content (AvgIpc) is 2.26. The number of rotatable bonds is 5.